The van der Waals surface area contributed by atoms with Crippen LogP contribution in [0.3, 0.4) is 0 Å². The Balaban J connectivity index is 2.90. The number of rotatable bonds is 2. The van der Waals surface area contributed by atoms with Crippen LogP contribution in [0.2, 0.25) is 0 Å². The van der Waals surface area contributed by atoms with Crippen LogP contribution in [0.15, 0.2) is 54.6 Å². The highest BCUT2D eigenvalue weighted by molar-refractivity contribution is 5.44. The predicted octanol–water partition coefficient (Wildman–Crippen LogP) is 5.24. The summed E-state index contributed by atoms with van der Waals surface area (Å²) in [6, 6.07) is 7.38. The molecule has 0 aromatic heterocycles. The Labute approximate surface area is 121 Å². The molecule has 2 aromatic rings. The van der Waals surface area contributed by atoms with E-state index in [9.17, 15) is 30.7 Å². The molecule has 0 aliphatic carbocycles. The van der Waals surface area contributed by atoms with Crippen LogP contribution in [0.5, 0.6) is 0 Å². The number of benzene rings is 2. The fraction of sp³-hybridized carbons (Fsp3) is 0.200. The minimum absolute atomic E-state index is 0.258. The zero-order chi connectivity index (χ0) is 16.6. The van der Waals surface area contributed by atoms with E-state index < -0.39 is 34.7 Å². The van der Waals surface area contributed by atoms with Crippen molar-refractivity contribution in [3.8, 4) is 0 Å². The van der Waals surface area contributed by atoms with Crippen molar-refractivity contribution in [3.05, 3.63) is 71.5 Å². The van der Waals surface area contributed by atoms with E-state index in [2.05, 4.69) is 0 Å². The molecule has 0 spiro atoms. The summed E-state index contributed by atoms with van der Waals surface area (Å²) in [7, 11) is 0. The summed E-state index contributed by atoms with van der Waals surface area (Å²) in [5.74, 6) is -1.17. The first kappa shape index (κ1) is 16.3. The average Bonchev–Trinajstić information content (AvgIpc) is 2.37. The highest BCUT2D eigenvalue weighted by atomic mass is 19.4. The Hall–Kier alpha value is -2.05. The van der Waals surface area contributed by atoms with E-state index in [4.69, 9.17) is 0 Å². The molecule has 0 radical (unpaired) electrons. The van der Waals surface area contributed by atoms with Crippen molar-refractivity contribution < 1.29 is 30.7 Å². The first-order valence-corrected chi connectivity index (χ1v) is 6.05. The molecule has 7 heteroatoms. The number of halogens is 7. The van der Waals surface area contributed by atoms with E-state index in [1.54, 1.807) is 0 Å². The monoisotopic (exact) mass is 322 g/mol. The van der Waals surface area contributed by atoms with Gasteiger partial charge in [0.05, 0.1) is 0 Å². The van der Waals surface area contributed by atoms with Crippen molar-refractivity contribution >= 4 is 0 Å². The zero-order valence-corrected chi connectivity index (χ0v) is 10.8. The van der Waals surface area contributed by atoms with E-state index in [0.29, 0.717) is 6.07 Å². The van der Waals surface area contributed by atoms with Crippen LogP contribution in [0.1, 0.15) is 11.1 Å². The third-order valence-corrected chi connectivity index (χ3v) is 3.31. The lowest BCUT2D eigenvalue weighted by molar-refractivity contribution is -0.288. The third kappa shape index (κ3) is 2.44. The van der Waals surface area contributed by atoms with Gasteiger partial charge in [0.25, 0.3) is 0 Å². The number of hydrogen-bond acceptors (Lipinski definition) is 0. The van der Waals surface area contributed by atoms with Gasteiger partial charge in [0.2, 0.25) is 5.41 Å². The van der Waals surface area contributed by atoms with Gasteiger partial charge in [-0.2, -0.15) is 26.3 Å². The van der Waals surface area contributed by atoms with Gasteiger partial charge in [-0.15, -0.1) is 0 Å². The maximum atomic E-state index is 13.5. The number of alkyl halides is 6. The minimum Gasteiger partial charge on any atom is -0.207 e. The predicted molar refractivity (Wildman–Crippen MR) is 65.7 cm³/mol. The smallest absolute Gasteiger partial charge is 0.207 e. The topological polar surface area (TPSA) is 0 Å². The largest absolute Gasteiger partial charge is 0.411 e. The molecule has 0 saturated carbocycles. The second-order valence-electron chi connectivity index (χ2n) is 4.62. The average molecular weight is 322 g/mol. The van der Waals surface area contributed by atoms with Crippen LogP contribution < -0.4 is 0 Å². The molecular weight excluding hydrogens is 313 g/mol. The van der Waals surface area contributed by atoms with Crippen LogP contribution in [-0.2, 0) is 5.41 Å². The molecule has 2 rings (SSSR count). The van der Waals surface area contributed by atoms with Crippen molar-refractivity contribution in [2.75, 3.05) is 0 Å². The molecule has 0 fully saturated rings. The summed E-state index contributed by atoms with van der Waals surface area (Å²) in [6.07, 6.45) is -11.4. The van der Waals surface area contributed by atoms with Gasteiger partial charge >= 0.3 is 12.4 Å². The van der Waals surface area contributed by atoms with Gasteiger partial charge in [-0.05, 0) is 23.3 Å². The summed E-state index contributed by atoms with van der Waals surface area (Å²) in [6.45, 7) is 0. The van der Waals surface area contributed by atoms with Crippen molar-refractivity contribution in [1.29, 1.82) is 0 Å². The lowest BCUT2D eigenvalue weighted by Gasteiger charge is -2.38. The third-order valence-electron chi connectivity index (χ3n) is 3.31. The molecule has 0 unspecified atom stereocenters. The molecule has 0 aliphatic rings. The fourth-order valence-corrected chi connectivity index (χ4v) is 2.39. The van der Waals surface area contributed by atoms with Crippen molar-refractivity contribution in [1.82, 2.24) is 0 Å². The van der Waals surface area contributed by atoms with Gasteiger partial charge in [0.15, 0.2) is 0 Å². The van der Waals surface area contributed by atoms with Gasteiger partial charge < -0.3 is 0 Å². The maximum absolute atomic E-state index is 13.5. The maximum Gasteiger partial charge on any atom is 0.411 e. The van der Waals surface area contributed by atoms with Crippen LogP contribution in [0.25, 0.3) is 0 Å². The molecule has 22 heavy (non-hydrogen) atoms. The summed E-state index contributed by atoms with van der Waals surface area (Å²) < 4.78 is 94.4. The summed E-state index contributed by atoms with van der Waals surface area (Å²) >= 11 is 0. The quantitative estimate of drug-likeness (QED) is 0.664. The Morgan fingerprint density at radius 1 is 0.591 bits per heavy atom. The van der Waals surface area contributed by atoms with Crippen molar-refractivity contribution in [2.45, 2.75) is 17.8 Å². The van der Waals surface area contributed by atoms with Crippen molar-refractivity contribution in [2.24, 2.45) is 0 Å². The fourth-order valence-electron chi connectivity index (χ4n) is 2.39. The highest BCUT2D eigenvalue weighted by Crippen LogP contribution is 2.56. The molecular formula is C15H9F7. The Kier molecular flexibility index (Phi) is 3.93. The molecule has 0 amide bonds. The summed E-state index contributed by atoms with van der Waals surface area (Å²) in [5.41, 5.74) is -6.51. The van der Waals surface area contributed by atoms with Gasteiger partial charge in [0, 0.05) is 0 Å². The Bertz CT molecular complexity index is 627. The Morgan fingerprint density at radius 3 is 1.55 bits per heavy atom. The van der Waals surface area contributed by atoms with Gasteiger partial charge in [-0.3, -0.25) is 0 Å². The van der Waals surface area contributed by atoms with E-state index in [-0.39, 0.29) is 6.07 Å². The molecule has 0 bridgehead atoms. The SMILES string of the molecule is Fc1cccc(C(c2ccccc2)(C(F)(F)F)C(F)(F)F)c1. The summed E-state index contributed by atoms with van der Waals surface area (Å²) in [5, 5.41) is 0. The normalized spacial score (nSPS) is 13.2. The highest BCUT2D eigenvalue weighted by Gasteiger charge is 2.72. The van der Waals surface area contributed by atoms with E-state index in [1.807, 2.05) is 0 Å². The first-order valence-electron chi connectivity index (χ1n) is 6.05. The zero-order valence-electron chi connectivity index (χ0n) is 10.8. The number of hydrogen-bond donors (Lipinski definition) is 0. The van der Waals surface area contributed by atoms with Crippen LogP contribution >= 0.6 is 0 Å². The molecule has 0 nitrogen and oxygen atoms in total. The van der Waals surface area contributed by atoms with Crippen LogP contribution in [0.4, 0.5) is 30.7 Å². The van der Waals surface area contributed by atoms with Crippen LogP contribution in [0, 0.1) is 5.82 Å². The Morgan fingerprint density at radius 2 is 1.09 bits per heavy atom. The second-order valence-corrected chi connectivity index (χ2v) is 4.62. The van der Waals surface area contributed by atoms with Gasteiger partial charge in [-0.25, -0.2) is 4.39 Å². The molecule has 0 atom stereocenters. The molecule has 0 aliphatic heterocycles. The van der Waals surface area contributed by atoms with Gasteiger partial charge in [-0.1, -0.05) is 42.5 Å². The molecule has 0 N–H and O–H groups in total. The molecule has 0 saturated heterocycles. The molecule has 118 valence electrons. The van der Waals surface area contributed by atoms with Crippen LogP contribution in [-0.4, -0.2) is 12.4 Å². The van der Waals surface area contributed by atoms with Gasteiger partial charge in [0.1, 0.15) is 5.82 Å². The molecule has 2 aromatic carbocycles. The standard InChI is InChI=1S/C15H9F7/c16-12-8-4-7-11(9-12)13(14(17,18)19,15(20,21)22)10-5-2-1-3-6-10/h1-9H. The lowest BCUT2D eigenvalue weighted by atomic mass is 9.73. The van der Waals surface area contributed by atoms with Crippen molar-refractivity contribution in [3.63, 3.8) is 0 Å². The molecule has 0 heterocycles. The second kappa shape index (κ2) is 5.30. The minimum atomic E-state index is -5.69. The van der Waals surface area contributed by atoms with E-state index in [1.165, 1.54) is 6.07 Å². The first-order chi connectivity index (χ1) is 10.1. The van der Waals surface area contributed by atoms with E-state index in [0.717, 1.165) is 36.4 Å². The summed E-state index contributed by atoms with van der Waals surface area (Å²) in [4.78, 5) is 0. The van der Waals surface area contributed by atoms with E-state index >= 15 is 0 Å². The lowest BCUT2D eigenvalue weighted by Crippen LogP contribution is -2.54.